The maximum atomic E-state index is 12.7. The summed E-state index contributed by atoms with van der Waals surface area (Å²) in [6.07, 6.45) is 3.31. The zero-order valence-corrected chi connectivity index (χ0v) is 14.2. The van der Waals surface area contributed by atoms with E-state index in [0.717, 1.165) is 38.9 Å². The van der Waals surface area contributed by atoms with Gasteiger partial charge in [0.25, 0.3) is 0 Å². The van der Waals surface area contributed by atoms with Crippen molar-refractivity contribution in [2.24, 2.45) is 5.92 Å². The van der Waals surface area contributed by atoms with Gasteiger partial charge in [0.15, 0.2) is 0 Å². The standard InChI is InChI=1S/C17H26N2OS/c1-4-19-9-7-13(8-10-19)18(3)17(20)15-11-14(15)16-6-5-12(2)21-16/h5-6,13-15H,4,7-11H2,1-3H3. The number of amides is 1. The summed E-state index contributed by atoms with van der Waals surface area (Å²) in [4.78, 5) is 19.9. The van der Waals surface area contributed by atoms with E-state index in [2.05, 4.69) is 35.8 Å². The van der Waals surface area contributed by atoms with E-state index in [9.17, 15) is 4.79 Å². The van der Waals surface area contributed by atoms with E-state index in [4.69, 9.17) is 0 Å². The number of nitrogens with zero attached hydrogens (tertiary/aromatic N) is 2. The van der Waals surface area contributed by atoms with Crippen LogP contribution in [-0.4, -0.2) is 48.4 Å². The zero-order chi connectivity index (χ0) is 15.0. The Labute approximate surface area is 131 Å². The van der Waals surface area contributed by atoms with Gasteiger partial charge in [0.2, 0.25) is 5.91 Å². The quantitative estimate of drug-likeness (QED) is 0.853. The van der Waals surface area contributed by atoms with Crippen molar-refractivity contribution in [1.29, 1.82) is 0 Å². The lowest BCUT2D eigenvalue weighted by molar-refractivity contribution is -0.134. The van der Waals surface area contributed by atoms with Crippen LogP contribution < -0.4 is 0 Å². The van der Waals surface area contributed by atoms with Crippen molar-refractivity contribution in [2.45, 2.75) is 45.1 Å². The molecule has 0 radical (unpaired) electrons. The van der Waals surface area contributed by atoms with Crippen molar-refractivity contribution in [3.63, 3.8) is 0 Å². The lowest BCUT2D eigenvalue weighted by Crippen LogP contribution is -2.46. The van der Waals surface area contributed by atoms with Gasteiger partial charge in [-0.05, 0) is 44.9 Å². The maximum Gasteiger partial charge on any atom is 0.226 e. The van der Waals surface area contributed by atoms with Crippen LogP contribution in [0.5, 0.6) is 0 Å². The molecule has 2 fully saturated rings. The molecule has 2 atom stereocenters. The van der Waals surface area contributed by atoms with E-state index in [1.807, 2.05) is 18.4 Å². The first-order valence-corrected chi connectivity index (χ1v) is 8.97. The van der Waals surface area contributed by atoms with Crippen LogP contribution in [0.4, 0.5) is 0 Å². The zero-order valence-electron chi connectivity index (χ0n) is 13.3. The van der Waals surface area contributed by atoms with Crippen LogP contribution in [0.1, 0.15) is 41.9 Å². The number of carbonyl (C=O) groups is 1. The van der Waals surface area contributed by atoms with E-state index in [1.54, 1.807) is 0 Å². The van der Waals surface area contributed by atoms with Gasteiger partial charge in [0.05, 0.1) is 0 Å². The van der Waals surface area contributed by atoms with Crippen molar-refractivity contribution >= 4 is 17.2 Å². The minimum atomic E-state index is 0.247. The van der Waals surface area contributed by atoms with Gasteiger partial charge in [-0.3, -0.25) is 4.79 Å². The average Bonchev–Trinajstić information content (AvgIpc) is 3.20. The van der Waals surface area contributed by atoms with Crippen molar-refractivity contribution < 1.29 is 4.79 Å². The molecule has 1 aliphatic heterocycles. The van der Waals surface area contributed by atoms with Crippen LogP contribution in [0.25, 0.3) is 0 Å². The number of rotatable bonds is 4. The Balaban J connectivity index is 1.54. The predicted molar refractivity (Wildman–Crippen MR) is 87.8 cm³/mol. The van der Waals surface area contributed by atoms with Crippen LogP contribution in [0.2, 0.25) is 0 Å². The molecule has 0 N–H and O–H groups in total. The number of hydrogen-bond acceptors (Lipinski definition) is 3. The Morgan fingerprint density at radius 2 is 2.10 bits per heavy atom. The summed E-state index contributed by atoms with van der Waals surface area (Å²) in [5, 5.41) is 0. The molecule has 2 unspecified atom stereocenters. The molecule has 1 saturated heterocycles. The fourth-order valence-corrected chi connectivity index (χ4v) is 4.56. The Hall–Kier alpha value is -0.870. The summed E-state index contributed by atoms with van der Waals surface area (Å²) in [6, 6.07) is 4.83. The molecule has 4 heteroatoms. The van der Waals surface area contributed by atoms with E-state index < -0.39 is 0 Å². The molecule has 0 aromatic carbocycles. The van der Waals surface area contributed by atoms with Gasteiger partial charge in [0.1, 0.15) is 0 Å². The lowest BCUT2D eigenvalue weighted by Gasteiger charge is -2.36. The summed E-state index contributed by atoms with van der Waals surface area (Å²) in [7, 11) is 2.02. The minimum Gasteiger partial charge on any atom is -0.342 e. The Morgan fingerprint density at radius 1 is 1.38 bits per heavy atom. The first-order chi connectivity index (χ1) is 10.1. The van der Waals surface area contributed by atoms with Gasteiger partial charge in [-0.2, -0.15) is 0 Å². The molecule has 2 heterocycles. The van der Waals surface area contributed by atoms with E-state index in [0.29, 0.717) is 17.9 Å². The second kappa shape index (κ2) is 6.09. The smallest absolute Gasteiger partial charge is 0.226 e. The van der Waals surface area contributed by atoms with Crippen LogP contribution >= 0.6 is 11.3 Å². The van der Waals surface area contributed by atoms with Crippen molar-refractivity contribution in [3.8, 4) is 0 Å². The molecule has 1 aliphatic carbocycles. The maximum absolute atomic E-state index is 12.7. The van der Waals surface area contributed by atoms with Gasteiger partial charge < -0.3 is 9.80 Å². The number of piperidine rings is 1. The molecule has 1 amide bonds. The van der Waals surface area contributed by atoms with Crippen molar-refractivity contribution in [3.05, 3.63) is 21.9 Å². The average molecular weight is 306 g/mol. The molecule has 0 spiro atoms. The highest BCUT2D eigenvalue weighted by atomic mass is 32.1. The summed E-state index contributed by atoms with van der Waals surface area (Å²) in [5.74, 6) is 1.12. The van der Waals surface area contributed by atoms with Gasteiger partial charge in [-0.15, -0.1) is 11.3 Å². The highest BCUT2D eigenvalue weighted by Gasteiger charge is 2.46. The second-order valence-corrected chi connectivity index (χ2v) is 7.83. The SMILES string of the molecule is CCN1CCC(N(C)C(=O)C2CC2c2ccc(C)s2)CC1. The molecular weight excluding hydrogens is 280 g/mol. The van der Waals surface area contributed by atoms with Crippen LogP contribution in [0.3, 0.4) is 0 Å². The number of hydrogen-bond donors (Lipinski definition) is 0. The highest BCUT2D eigenvalue weighted by Crippen LogP contribution is 2.50. The molecule has 3 rings (SSSR count). The number of aryl methyl sites for hydroxylation is 1. The predicted octanol–water partition coefficient (Wildman–Crippen LogP) is 3.10. The van der Waals surface area contributed by atoms with Gasteiger partial charge in [-0.1, -0.05) is 6.92 Å². The molecule has 1 aromatic rings. The van der Waals surface area contributed by atoms with E-state index >= 15 is 0 Å². The first kappa shape index (κ1) is 15.0. The number of thiophene rings is 1. The summed E-state index contributed by atoms with van der Waals surface area (Å²) in [5.41, 5.74) is 0. The van der Waals surface area contributed by atoms with E-state index in [-0.39, 0.29) is 5.92 Å². The third-order valence-electron chi connectivity index (χ3n) is 5.13. The lowest BCUT2D eigenvalue weighted by atomic mass is 10.0. The monoisotopic (exact) mass is 306 g/mol. The third kappa shape index (κ3) is 3.16. The Kier molecular flexibility index (Phi) is 4.36. The molecule has 1 saturated carbocycles. The normalized spacial score (nSPS) is 26.8. The van der Waals surface area contributed by atoms with Gasteiger partial charge in [0, 0.05) is 47.8 Å². The van der Waals surface area contributed by atoms with Crippen molar-refractivity contribution in [2.75, 3.05) is 26.7 Å². The molecule has 3 nitrogen and oxygen atoms in total. The molecular formula is C17H26N2OS. The van der Waals surface area contributed by atoms with Gasteiger partial charge in [-0.25, -0.2) is 0 Å². The van der Waals surface area contributed by atoms with Crippen LogP contribution in [0.15, 0.2) is 12.1 Å². The minimum absolute atomic E-state index is 0.247. The third-order valence-corrected chi connectivity index (χ3v) is 6.27. The van der Waals surface area contributed by atoms with Gasteiger partial charge >= 0.3 is 0 Å². The fourth-order valence-electron chi connectivity index (χ4n) is 3.50. The van der Waals surface area contributed by atoms with Crippen LogP contribution in [-0.2, 0) is 4.79 Å². The largest absolute Gasteiger partial charge is 0.342 e. The fraction of sp³-hybridized carbons (Fsp3) is 0.706. The Morgan fingerprint density at radius 3 is 2.67 bits per heavy atom. The molecule has 21 heavy (non-hydrogen) atoms. The van der Waals surface area contributed by atoms with Crippen LogP contribution in [0, 0.1) is 12.8 Å². The van der Waals surface area contributed by atoms with E-state index in [1.165, 1.54) is 9.75 Å². The highest BCUT2D eigenvalue weighted by molar-refractivity contribution is 7.12. The summed E-state index contributed by atoms with van der Waals surface area (Å²) < 4.78 is 0. The van der Waals surface area contributed by atoms with Crippen molar-refractivity contribution in [1.82, 2.24) is 9.80 Å². The molecule has 116 valence electrons. The second-order valence-electron chi connectivity index (χ2n) is 6.51. The summed E-state index contributed by atoms with van der Waals surface area (Å²) in [6.45, 7) is 7.76. The summed E-state index contributed by atoms with van der Waals surface area (Å²) >= 11 is 1.85. The molecule has 0 bridgehead atoms. The molecule has 1 aromatic heterocycles. The molecule has 2 aliphatic rings. The number of carbonyl (C=O) groups excluding carboxylic acids is 1. The Bertz CT molecular complexity index is 505. The topological polar surface area (TPSA) is 23.6 Å². The first-order valence-electron chi connectivity index (χ1n) is 8.15. The number of likely N-dealkylation sites (tertiary alicyclic amines) is 1.